The number of hydrogen-bond acceptors (Lipinski definition) is 9. The van der Waals surface area contributed by atoms with Gasteiger partial charge in [-0.25, -0.2) is 19.4 Å². The molecular formula is C32H37N9O3. The van der Waals surface area contributed by atoms with E-state index in [2.05, 4.69) is 30.7 Å². The van der Waals surface area contributed by atoms with Crippen molar-refractivity contribution in [3.63, 3.8) is 0 Å². The van der Waals surface area contributed by atoms with Crippen LogP contribution in [0.1, 0.15) is 45.8 Å². The Kier molecular flexibility index (Phi) is 8.16. The highest BCUT2D eigenvalue weighted by atomic mass is 16.5. The summed E-state index contributed by atoms with van der Waals surface area (Å²) in [7, 11) is 0. The highest BCUT2D eigenvalue weighted by molar-refractivity contribution is 6.00. The van der Waals surface area contributed by atoms with E-state index in [1.807, 2.05) is 57.2 Å². The molecule has 4 heterocycles. The topological polar surface area (TPSA) is 149 Å². The average Bonchev–Trinajstić information content (AvgIpc) is 3.64. The largest absolute Gasteiger partial charge is 0.492 e. The molecule has 1 saturated heterocycles. The Morgan fingerprint density at radius 2 is 1.82 bits per heavy atom. The number of carbonyl (C=O) groups is 1. The minimum Gasteiger partial charge on any atom is -0.492 e. The molecule has 44 heavy (non-hydrogen) atoms. The Hall–Kier alpha value is -4.97. The lowest BCUT2D eigenvalue weighted by molar-refractivity contribution is 0.183. The van der Waals surface area contributed by atoms with Gasteiger partial charge in [0, 0.05) is 29.3 Å². The Balaban J connectivity index is 1.20. The number of carbonyl (C=O) groups excluding carboxylic acids is 1. The zero-order valence-electron chi connectivity index (χ0n) is 25.2. The smallest absolute Gasteiger partial charge is 0.324 e. The molecule has 1 aliphatic rings. The first kappa shape index (κ1) is 29.1. The number of hydrogen-bond donors (Lipinski definition) is 3. The van der Waals surface area contributed by atoms with Gasteiger partial charge in [-0.05, 0) is 68.4 Å². The van der Waals surface area contributed by atoms with Gasteiger partial charge in [0.1, 0.15) is 36.0 Å². The molecule has 1 aliphatic heterocycles. The highest BCUT2D eigenvalue weighted by Gasteiger charge is 2.21. The van der Waals surface area contributed by atoms with E-state index in [9.17, 15) is 4.79 Å². The van der Waals surface area contributed by atoms with Gasteiger partial charge >= 0.3 is 6.03 Å². The van der Waals surface area contributed by atoms with Gasteiger partial charge in [-0.3, -0.25) is 10.2 Å². The van der Waals surface area contributed by atoms with Crippen molar-refractivity contribution in [3.05, 3.63) is 66.7 Å². The number of anilines is 3. The van der Waals surface area contributed by atoms with Crippen LogP contribution >= 0.6 is 0 Å². The van der Waals surface area contributed by atoms with Gasteiger partial charge in [0.2, 0.25) is 0 Å². The van der Waals surface area contributed by atoms with Crippen LogP contribution in [0.2, 0.25) is 0 Å². The summed E-state index contributed by atoms with van der Waals surface area (Å²) in [4.78, 5) is 23.9. The summed E-state index contributed by atoms with van der Waals surface area (Å²) in [6.07, 6.45) is 5.26. The lowest BCUT2D eigenvalue weighted by Crippen LogP contribution is -2.33. The second-order valence-corrected chi connectivity index (χ2v) is 11.9. The average molecular weight is 596 g/mol. The molecule has 6 rings (SSSR count). The Morgan fingerprint density at radius 1 is 1.02 bits per heavy atom. The van der Waals surface area contributed by atoms with Crippen LogP contribution in [0.3, 0.4) is 0 Å². The molecule has 2 aromatic carbocycles. The first-order chi connectivity index (χ1) is 21.2. The molecule has 0 radical (unpaired) electrons. The van der Waals surface area contributed by atoms with Crippen molar-refractivity contribution >= 4 is 34.4 Å². The number of nitrogens with zero attached hydrogens (tertiary/aromatic N) is 6. The van der Waals surface area contributed by atoms with E-state index in [4.69, 9.17) is 20.1 Å². The first-order valence-electron chi connectivity index (χ1n) is 14.8. The number of fused-ring (bicyclic) bond motifs is 1. The van der Waals surface area contributed by atoms with Crippen LogP contribution in [0, 0.1) is 0 Å². The molecular weight excluding hydrogens is 558 g/mol. The summed E-state index contributed by atoms with van der Waals surface area (Å²) in [5, 5.41) is 15.0. The zero-order valence-corrected chi connectivity index (χ0v) is 25.2. The van der Waals surface area contributed by atoms with Crippen LogP contribution < -0.4 is 21.1 Å². The van der Waals surface area contributed by atoms with Gasteiger partial charge in [0.15, 0.2) is 11.5 Å². The Morgan fingerprint density at radius 3 is 2.57 bits per heavy atom. The predicted octanol–water partition coefficient (Wildman–Crippen LogP) is 5.86. The number of piperidine rings is 1. The highest BCUT2D eigenvalue weighted by Crippen LogP contribution is 2.33. The first-order valence-corrected chi connectivity index (χ1v) is 14.8. The van der Waals surface area contributed by atoms with Crippen LogP contribution in [-0.2, 0) is 5.41 Å². The SMILES string of the molecule is CC(C)(C)c1cc(NC(=O)Nc2cccc(-n3nc(-c4ccc(OCCN5CCCCC5)cc4)c4c(N)ncnc43)c2)no1. The van der Waals surface area contributed by atoms with Crippen molar-refractivity contribution in [2.24, 2.45) is 0 Å². The molecule has 0 atom stereocenters. The fraction of sp³-hybridized carbons (Fsp3) is 0.344. The standard InChI is InChI=1S/C32H37N9O3/c1-32(2,3)25-19-26(39-44-25)37-31(42)36-22-8-7-9-23(18-22)41-30-27(29(33)34-20-35-30)28(38-41)21-10-12-24(13-11-21)43-17-16-40-14-5-4-6-15-40/h7-13,18-20H,4-6,14-17H2,1-3H3,(H2,33,34,35)(H2,36,37,39,42). The van der Waals surface area contributed by atoms with Crippen molar-refractivity contribution in [3.8, 4) is 22.7 Å². The van der Waals surface area contributed by atoms with E-state index in [1.54, 1.807) is 22.9 Å². The van der Waals surface area contributed by atoms with Gasteiger partial charge in [-0.2, -0.15) is 5.10 Å². The number of benzene rings is 2. The molecule has 12 nitrogen and oxygen atoms in total. The number of likely N-dealkylation sites (tertiary alicyclic amines) is 1. The number of nitrogens with one attached hydrogen (secondary N) is 2. The number of amides is 2. The lowest BCUT2D eigenvalue weighted by Gasteiger charge is -2.26. The molecule has 0 bridgehead atoms. The lowest BCUT2D eigenvalue weighted by atomic mass is 9.93. The van der Waals surface area contributed by atoms with Crippen molar-refractivity contribution in [1.29, 1.82) is 0 Å². The summed E-state index contributed by atoms with van der Waals surface area (Å²) < 4.78 is 13.1. The second kappa shape index (κ2) is 12.3. The molecule has 0 saturated carbocycles. The number of nitrogens with two attached hydrogens (primary N) is 1. The summed E-state index contributed by atoms with van der Waals surface area (Å²) in [6, 6.07) is 16.4. The molecule has 2 amide bonds. The third-order valence-electron chi connectivity index (χ3n) is 7.59. The fourth-order valence-corrected chi connectivity index (χ4v) is 5.22. The summed E-state index contributed by atoms with van der Waals surface area (Å²) in [5.41, 5.74) is 9.41. The summed E-state index contributed by atoms with van der Waals surface area (Å²) in [5.74, 6) is 2.13. The fourth-order valence-electron chi connectivity index (χ4n) is 5.22. The molecule has 0 spiro atoms. The molecule has 5 aromatic rings. The number of aromatic nitrogens is 5. The maximum Gasteiger partial charge on any atom is 0.324 e. The van der Waals surface area contributed by atoms with Gasteiger partial charge in [0.25, 0.3) is 0 Å². The van der Waals surface area contributed by atoms with Gasteiger partial charge in [-0.1, -0.05) is 38.4 Å². The maximum atomic E-state index is 12.7. The molecule has 0 unspecified atom stereocenters. The minimum absolute atomic E-state index is 0.224. The molecule has 3 aromatic heterocycles. The van der Waals surface area contributed by atoms with E-state index in [0.717, 1.165) is 30.9 Å². The van der Waals surface area contributed by atoms with Crippen molar-refractivity contribution in [1.82, 2.24) is 29.8 Å². The van der Waals surface area contributed by atoms with Gasteiger partial charge in [0.05, 0.1) is 11.1 Å². The molecule has 12 heteroatoms. The Labute approximate surface area is 255 Å². The van der Waals surface area contributed by atoms with Crippen LogP contribution in [0.25, 0.3) is 28.0 Å². The van der Waals surface area contributed by atoms with Gasteiger partial charge < -0.3 is 20.3 Å². The third-order valence-corrected chi connectivity index (χ3v) is 7.59. The Bertz CT molecular complexity index is 1750. The monoisotopic (exact) mass is 595 g/mol. The van der Waals surface area contributed by atoms with Crippen LogP contribution in [0.15, 0.2) is 65.4 Å². The predicted molar refractivity (Wildman–Crippen MR) is 170 cm³/mol. The van der Waals surface area contributed by atoms with E-state index in [-0.39, 0.29) is 5.41 Å². The van der Waals surface area contributed by atoms with Crippen LogP contribution in [-0.4, -0.2) is 62.1 Å². The number of rotatable bonds is 8. The molecule has 4 N–H and O–H groups in total. The molecule has 228 valence electrons. The van der Waals surface area contributed by atoms with E-state index >= 15 is 0 Å². The van der Waals surface area contributed by atoms with Crippen LogP contribution in [0.5, 0.6) is 5.75 Å². The van der Waals surface area contributed by atoms with E-state index in [0.29, 0.717) is 52.1 Å². The van der Waals surface area contributed by atoms with Crippen molar-refractivity contribution in [2.45, 2.75) is 45.4 Å². The number of urea groups is 1. The maximum absolute atomic E-state index is 12.7. The van der Waals surface area contributed by atoms with E-state index < -0.39 is 6.03 Å². The second-order valence-electron chi connectivity index (χ2n) is 11.9. The normalized spacial score (nSPS) is 14.1. The summed E-state index contributed by atoms with van der Waals surface area (Å²) >= 11 is 0. The van der Waals surface area contributed by atoms with Crippen LogP contribution in [0.4, 0.5) is 22.1 Å². The minimum atomic E-state index is -0.452. The van der Waals surface area contributed by atoms with Gasteiger partial charge in [-0.15, -0.1) is 0 Å². The third kappa shape index (κ3) is 6.50. The van der Waals surface area contributed by atoms with Crippen molar-refractivity contribution in [2.75, 3.05) is 42.6 Å². The van der Waals surface area contributed by atoms with Crippen molar-refractivity contribution < 1.29 is 14.1 Å². The zero-order chi connectivity index (χ0) is 30.7. The quantitative estimate of drug-likeness (QED) is 0.200. The van der Waals surface area contributed by atoms with E-state index in [1.165, 1.54) is 25.6 Å². The number of ether oxygens (including phenoxy) is 1. The summed E-state index contributed by atoms with van der Waals surface area (Å²) in [6.45, 7) is 9.90. The number of nitrogen functional groups attached to an aromatic ring is 1. The molecule has 0 aliphatic carbocycles. The molecule has 1 fully saturated rings.